The minimum Gasteiger partial charge on any atom is -0.386 e. The number of aliphatic hydroxyl groups excluding tert-OH is 1. The highest BCUT2D eigenvalue weighted by atomic mass is 35.5. The van der Waals surface area contributed by atoms with Crippen LogP contribution in [0.3, 0.4) is 0 Å². The van der Waals surface area contributed by atoms with E-state index in [2.05, 4.69) is 4.98 Å². The first-order chi connectivity index (χ1) is 6.77. The molecular weight excluding hydrogens is 222 g/mol. The lowest BCUT2D eigenvalue weighted by molar-refractivity contribution is -0.0100. The summed E-state index contributed by atoms with van der Waals surface area (Å²) in [5, 5.41) is 10.7. The van der Waals surface area contributed by atoms with E-state index in [4.69, 9.17) is 16.3 Å². The average molecular weight is 234 g/mol. The van der Waals surface area contributed by atoms with Crippen LogP contribution in [0.4, 0.5) is 0 Å². The summed E-state index contributed by atoms with van der Waals surface area (Å²) in [7, 11) is 0. The van der Waals surface area contributed by atoms with Crippen LogP contribution in [0.2, 0.25) is 4.34 Å². The molecule has 0 aromatic carbocycles. The first-order valence-corrected chi connectivity index (χ1v) is 5.84. The Balaban J connectivity index is 2.03. The fourth-order valence-corrected chi connectivity index (χ4v) is 2.63. The van der Waals surface area contributed by atoms with Gasteiger partial charge in [-0.25, -0.2) is 4.98 Å². The van der Waals surface area contributed by atoms with Crippen LogP contribution in [0.15, 0.2) is 6.20 Å². The van der Waals surface area contributed by atoms with Crippen molar-refractivity contribution in [3.8, 4) is 0 Å². The zero-order valence-electron chi connectivity index (χ0n) is 7.65. The molecule has 14 heavy (non-hydrogen) atoms. The van der Waals surface area contributed by atoms with Crippen LogP contribution in [0.1, 0.15) is 24.0 Å². The summed E-state index contributed by atoms with van der Waals surface area (Å²) in [4.78, 5) is 4.07. The van der Waals surface area contributed by atoms with Crippen LogP contribution >= 0.6 is 22.9 Å². The van der Waals surface area contributed by atoms with Crippen LogP contribution in [-0.4, -0.2) is 23.3 Å². The van der Waals surface area contributed by atoms with Gasteiger partial charge < -0.3 is 9.84 Å². The summed E-state index contributed by atoms with van der Waals surface area (Å²) in [5.74, 6) is 0.172. The van der Waals surface area contributed by atoms with E-state index < -0.39 is 6.10 Å². The Kier molecular flexibility index (Phi) is 3.38. The highest BCUT2D eigenvalue weighted by Gasteiger charge is 2.25. The molecule has 2 heterocycles. The Bertz CT molecular complexity index is 299. The largest absolute Gasteiger partial charge is 0.386 e. The topological polar surface area (TPSA) is 42.4 Å². The minimum atomic E-state index is -0.521. The lowest BCUT2D eigenvalue weighted by atomic mass is 9.96. The minimum absolute atomic E-state index is 0.172. The van der Waals surface area contributed by atoms with Crippen molar-refractivity contribution in [3.63, 3.8) is 0 Å². The third-order valence-electron chi connectivity index (χ3n) is 2.39. The predicted octanol–water partition coefficient (Wildman–Crippen LogP) is 2.26. The summed E-state index contributed by atoms with van der Waals surface area (Å²) in [6.45, 7) is 1.43. The molecule has 2 rings (SSSR count). The van der Waals surface area contributed by atoms with E-state index in [0.29, 0.717) is 16.0 Å². The molecule has 0 radical (unpaired) electrons. The number of ether oxygens (including phenoxy) is 1. The van der Waals surface area contributed by atoms with Gasteiger partial charge in [-0.1, -0.05) is 11.6 Å². The third-order valence-corrected chi connectivity index (χ3v) is 3.58. The Morgan fingerprint density at radius 3 is 3.14 bits per heavy atom. The lowest BCUT2D eigenvalue weighted by Gasteiger charge is -2.25. The molecule has 1 aliphatic heterocycles. The van der Waals surface area contributed by atoms with E-state index >= 15 is 0 Å². The van der Waals surface area contributed by atoms with Gasteiger partial charge in [-0.2, -0.15) is 0 Å². The van der Waals surface area contributed by atoms with Crippen LogP contribution < -0.4 is 0 Å². The van der Waals surface area contributed by atoms with Crippen LogP contribution in [0.25, 0.3) is 0 Å². The molecule has 1 aliphatic rings. The first-order valence-electron chi connectivity index (χ1n) is 4.64. The number of nitrogens with zero attached hydrogens (tertiary/aromatic N) is 1. The van der Waals surface area contributed by atoms with Crippen molar-refractivity contribution in [2.45, 2.75) is 18.9 Å². The maximum absolute atomic E-state index is 9.97. The summed E-state index contributed by atoms with van der Waals surface area (Å²) < 4.78 is 5.94. The number of halogens is 1. The molecule has 5 heteroatoms. The predicted molar refractivity (Wildman–Crippen MR) is 55.6 cm³/mol. The number of rotatable bonds is 2. The summed E-state index contributed by atoms with van der Waals surface area (Å²) >= 11 is 7.10. The normalized spacial score (nSPS) is 24.9. The van der Waals surface area contributed by atoms with Gasteiger partial charge in [-0.15, -0.1) is 11.3 Å². The van der Waals surface area contributed by atoms with Crippen LogP contribution in [0, 0.1) is 5.92 Å². The van der Waals surface area contributed by atoms with Gasteiger partial charge >= 0.3 is 0 Å². The van der Waals surface area contributed by atoms with Crippen molar-refractivity contribution >= 4 is 22.9 Å². The number of hydrogen-bond acceptors (Lipinski definition) is 4. The Morgan fingerprint density at radius 1 is 1.71 bits per heavy atom. The Labute approximate surface area is 91.7 Å². The molecule has 1 saturated heterocycles. The summed E-state index contributed by atoms with van der Waals surface area (Å²) in [6, 6.07) is 0. The van der Waals surface area contributed by atoms with Gasteiger partial charge in [0.2, 0.25) is 0 Å². The van der Waals surface area contributed by atoms with Crippen molar-refractivity contribution in [1.82, 2.24) is 4.98 Å². The molecular formula is C9H12ClNO2S. The molecule has 1 fully saturated rings. The number of hydrogen-bond donors (Lipinski definition) is 1. The van der Waals surface area contributed by atoms with E-state index in [1.165, 1.54) is 11.3 Å². The van der Waals surface area contributed by atoms with Gasteiger partial charge in [-0.3, -0.25) is 0 Å². The van der Waals surface area contributed by atoms with Crippen molar-refractivity contribution in [3.05, 3.63) is 15.5 Å². The first kappa shape index (κ1) is 10.4. The quantitative estimate of drug-likeness (QED) is 0.852. The van der Waals surface area contributed by atoms with E-state index in [-0.39, 0.29) is 5.92 Å². The van der Waals surface area contributed by atoms with E-state index in [1.807, 2.05) is 0 Å². The molecule has 0 bridgehead atoms. The Morgan fingerprint density at radius 2 is 2.57 bits per heavy atom. The second kappa shape index (κ2) is 4.57. The molecule has 1 aromatic heterocycles. The van der Waals surface area contributed by atoms with Crippen molar-refractivity contribution in [2.75, 3.05) is 13.2 Å². The second-order valence-electron chi connectivity index (χ2n) is 3.42. The van der Waals surface area contributed by atoms with Gasteiger partial charge in [-0.05, 0) is 12.8 Å². The number of aliphatic hydroxyl groups is 1. The highest BCUT2D eigenvalue weighted by Crippen LogP contribution is 2.32. The molecule has 3 nitrogen and oxygen atoms in total. The summed E-state index contributed by atoms with van der Waals surface area (Å²) in [5.41, 5.74) is 0. The van der Waals surface area contributed by atoms with Crippen molar-refractivity contribution in [2.24, 2.45) is 5.92 Å². The molecule has 2 unspecified atom stereocenters. The standard InChI is InChI=1S/C9H12ClNO2S/c10-7-4-11-9(14-7)8(12)6-2-1-3-13-5-6/h4,6,8,12H,1-3,5H2. The zero-order chi connectivity index (χ0) is 9.97. The second-order valence-corrected chi connectivity index (χ2v) is 5.12. The van der Waals surface area contributed by atoms with Gasteiger partial charge in [0, 0.05) is 12.5 Å². The third kappa shape index (κ3) is 2.25. The highest BCUT2D eigenvalue weighted by molar-refractivity contribution is 7.15. The van der Waals surface area contributed by atoms with Crippen molar-refractivity contribution in [1.29, 1.82) is 0 Å². The lowest BCUT2D eigenvalue weighted by Crippen LogP contribution is -2.23. The fraction of sp³-hybridized carbons (Fsp3) is 0.667. The molecule has 78 valence electrons. The monoisotopic (exact) mass is 233 g/mol. The molecule has 1 aromatic rings. The number of thiazole rings is 1. The molecule has 0 amide bonds. The van der Waals surface area contributed by atoms with Gasteiger partial charge in [0.25, 0.3) is 0 Å². The fourth-order valence-electron chi connectivity index (χ4n) is 1.62. The van der Waals surface area contributed by atoms with Crippen LogP contribution in [-0.2, 0) is 4.74 Å². The zero-order valence-corrected chi connectivity index (χ0v) is 9.22. The summed E-state index contributed by atoms with van der Waals surface area (Å²) in [6.07, 6.45) is 3.07. The molecule has 0 aliphatic carbocycles. The average Bonchev–Trinajstić information content (AvgIpc) is 2.65. The molecule has 0 saturated carbocycles. The smallest absolute Gasteiger partial charge is 0.123 e. The molecule has 0 spiro atoms. The van der Waals surface area contributed by atoms with Gasteiger partial charge in [0.15, 0.2) is 0 Å². The Hall–Kier alpha value is -0.160. The van der Waals surface area contributed by atoms with Gasteiger partial charge in [0.1, 0.15) is 15.4 Å². The van der Waals surface area contributed by atoms with Crippen LogP contribution in [0.5, 0.6) is 0 Å². The molecule has 1 N–H and O–H groups in total. The number of aromatic nitrogens is 1. The van der Waals surface area contributed by atoms with E-state index in [1.54, 1.807) is 6.20 Å². The van der Waals surface area contributed by atoms with Gasteiger partial charge in [0.05, 0.1) is 12.8 Å². The SMILES string of the molecule is OC(c1ncc(Cl)s1)C1CCCOC1. The van der Waals surface area contributed by atoms with E-state index in [9.17, 15) is 5.11 Å². The maximum atomic E-state index is 9.97. The molecule has 2 atom stereocenters. The maximum Gasteiger partial charge on any atom is 0.123 e. The van der Waals surface area contributed by atoms with Crippen molar-refractivity contribution < 1.29 is 9.84 Å². The van der Waals surface area contributed by atoms with E-state index in [0.717, 1.165) is 19.4 Å².